The summed E-state index contributed by atoms with van der Waals surface area (Å²) < 4.78 is 0. The lowest BCUT2D eigenvalue weighted by molar-refractivity contribution is 0.314. The summed E-state index contributed by atoms with van der Waals surface area (Å²) in [5, 5.41) is 0. The normalized spacial score (nSPS) is 19.9. The van der Waals surface area contributed by atoms with Crippen molar-refractivity contribution in [3.63, 3.8) is 0 Å². The fourth-order valence-corrected chi connectivity index (χ4v) is 4.40. The van der Waals surface area contributed by atoms with Crippen LogP contribution >= 0.6 is 0 Å². The Bertz CT molecular complexity index is 754. The molecular weight excluding hydrogens is 278 g/mol. The van der Waals surface area contributed by atoms with Crippen molar-refractivity contribution < 1.29 is 0 Å². The molecule has 1 nitrogen and oxygen atoms in total. The molecule has 0 heterocycles. The first kappa shape index (κ1) is 14.7. The van der Waals surface area contributed by atoms with E-state index in [1.807, 2.05) is 0 Å². The molecular formula is C22H25N. The van der Waals surface area contributed by atoms with Gasteiger partial charge in [-0.3, -0.25) is 0 Å². The molecule has 2 aromatic carbocycles. The number of allylic oxidation sites excluding steroid dienone is 2. The second kappa shape index (κ2) is 5.98. The smallest absolute Gasteiger partial charge is 0.000686 e. The highest BCUT2D eigenvalue weighted by molar-refractivity contribution is 5.94. The van der Waals surface area contributed by atoms with Crippen molar-refractivity contribution in [2.24, 2.45) is 5.92 Å². The van der Waals surface area contributed by atoms with Crippen LogP contribution < -0.4 is 0 Å². The van der Waals surface area contributed by atoms with Crippen LogP contribution in [0.25, 0.3) is 11.1 Å². The quantitative estimate of drug-likeness (QED) is 0.765. The first-order valence-electron chi connectivity index (χ1n) is 8.75. The summed E-state index contributed by atoms with van der Waals surface area (Å²) in [6.45, 7) is 1.20. The van der Waals surface area contributed by atoms with Gasteiger partial charge >= 0.3 is 0 Å². The van der Waals surface area contributed by atoms with E-state index in [-0.39, 0.29) is 0 Å². The van der Waals surface area contributed by atoms with Crippen LogP contribution in [0, 0.1) is 5.92 Å². The van der Waals surface area contributed by atoms with Gasteiger partial charge in [0.25, 0.3) is 0 Å². The average Bonchev–Trinajstić information content (AvgIpc) is 2.69. The molecule has 1 heteroatoms. The Morgan fingerprint density at radius 3 is 2.13 bits per heavy atom. The van der Waals surface area contributed by atoms with Crippen LogP contribution in [-0.4, -0.2) is 25.5 Å². The molecule has 0 saturated carbocycles. The van der Waals surface area contributed by atoms with Crippen LogP contribution in [0.4, 0.5) is 0 Å². The summed E-state index contributed by atoms with van der Waals surface area (Å²) in [5.74, 6) is 0.780. The predicted octanol–water partition coefficient (Wildman–Crippen LogP) is 4.86. The first-order valence-corrected chi connectivity index (χ1v) is 8.75. The molecule has 118 valence electrons. The minimum atomic E-state index is 0.780. The molecule has 0 bridgehead atoms. The topological polar surface area (TPSA) is 3.24 Å². The van der Waals surface area contributed by atoms with E-state index in [1.165, 1.54) is 48.1 Å². The van der Waals surface area contributed by atoms with Gasteiger partial charge in [0.1, 0.15) is 0 Å². The summed E-state index contributed by atoms with van der Waals surface area (Å²) in [5.41, 5.74) is 9.22. The van der Waals surface area contributed by atoms with Gasteiger partial charge in [-0.2, -0.15) is 0 Å². The van der Waals surface area contributed by atoms with Gasteiger partial charge in [-0.05, 0) is 79.1 Å². The third-order valence-corrected chi connectivity index (χ3v) is 5.35. The van der Waals surface area contributed by atoms with Crippen LogP contribution in [-0.2, 0) is 6.42 Å². The molecule has 0 saturated heterocycles. The maximum absolute atomic E-state index is 2.34. The van der Waals surface area contributed by atoms with Gasteiger partial charge in [-0.1, -0.05) is 48.5 Å². The van der Waals surface area contributed by atoms with Crippen molar-refractivity contribution in [3.8, 4) is 0 Å². The number of nitrogens with zero attached hydrogens (tertiary/aromatic N) is 1. The van der Waals surface area contributed by atoms with Crippen LogP contribution in [0.15, 0.2) is 48.5 Å². The molecule has 0 aromatic heterocycles. The highest BCUT2D eigenvalue weighted by atomic mass is 15.1. The molecule has 2 aromatic rings. The molecule has 4 rings (SSSR count). The highest BCUT2D eigenvalue weighted by Gasteiger charge is 2.27. The van der Waals surface area contributed by atoms with Crippen molar-refractivity contribution in [1.82, 2.24) is 4.90 Å². The van der Waals surface area contributed by atoms with Crippen molar-refractivity contribution >= 4 is 11.1 Å². The van der Waals surface area contributed by atoms with Gasteiger partial charge in [-0.25, -0.2) is 0 Å². The van der Waals surface area contributed by atoms with Gasteiger partial charge in [0.2, 0.25) is 0 Å². The molecule has 2 aliphatic rings. The Balaban J connectivity index is 1.85. The third kappa shape index (κ3) is 2.74. The number of fused-ring (bicyclic) bond motifs is 4. The molecule has 2 aliphatic carbocycles. The zero-order chi connectivity index (χ0) is 15.8. The zero-order valence-electron chi connectivity index (χ0n) is 14.2. The monoisotopic (exact) mass is 303 g/mol. The van der Waals surface area contributed by atoms with Crippen LogP contribution in [0.5, 0.6) is 0 Å². The van der Waals surface area contributed by atoms with Crippen molar-refractivity contribution in [3.05, 3.63) is 70.8 Å². The van der Waals surface area contributed by atoms with Crippen molar-refractivity contribution in [2.45, 2.75) is 25.7 Å². The van der Waals surface area contributed by atoms with Crippen LogP contribution in [0.1, 0.15) is 41.5 Å². The summed E-state index contributed by atoms with van der Waals surface area (Å²) >= 11 is 0. The predicted molar refractivity (Wildman–Crippen MR) is 98.4 cm³/mol. The minimum absolute atomic E-state index is 0.780. The molecule has 0 spiro atoms. The minimum Gasteiger partial charge on any atom is -0.309 e. The molecule has 0 amide bonds. The molecule has 1 unspecified atom stereocenters. The van der Waals surface area contributed by atoms with E-state index in [4.69, 9.17) is 0 Å². The second-order valence-corrected chi connectivity index (χ2v) is 7.32. The van der Waals surface area contributed by atoms with Crippen LogP contribution in [0.2, 0.25) is 0 Å². The lowest BCUT2D eigenvalue weighted by Gasteiger charge is -2.30. The Hall–Kier alpha value is -1.86. The van der Waals surface area contributed by atoms with E-state index in [2.05, 4.69) is 67.5 Å². The molecule has 23 heavy (non-hydrogen) atoms. The van der Waals surface area contributed by atoms with Gasteiger partial charge in [0, 0.05) is 6.54 Å². The Labute approximate surface area is 139 Å². The van der Waals surface area contributed by atoms with Gasteiger partial charge < -0.3 is 4.90 Å². The van der Waals surface area contributed by atoms with E-state index < -0.39 is 0 Å². The summed E-state index contributed by atoms with van der Waals surface area (Å²) in [6.07, 6.45) is 4.82. The van der Waals surface area contributed by atoms with Crippen molar-refractivity contribution in [1.29, 1.82) is 0 Å². The molecule has 0 fully saturated rings. The SMILES string of the molecule is CN(C)CC1CCC2=C(C1)c1ccccc1Cc1ccccc12. The largest absolute Gasteiger partial charge is 0.309 e. The van der Waals surface area contributed by atoms with Crippen LogP contribution in [0.3, 0.4) is 0 Å². The summed E-state index contributed by atoms with van der Waals surface area (Å²) in [4.78, 5) is 2.34. The Morgan fingerprint density at radius 1 is 0.870 bits per heavy atom. The summed E-state index contributed by atoms with van der Waals surface area (Å²) in [7, 11) is 4.39. The van der Waals surface area contributed by atoms with E-state index in [0.717, 1.165) is 12.3 Å². The average molecular weight is 303 g/mol. The fourth-order valence-electron chi connectivity index (χ4n) is 4.40. The zero-order valence-corrected chi connectivity index (χ0v) is 14.2. The maximum Gasteiger partial charge on any atom is 0.000686 e. The lowest BCUT2D eigenvalue weighted by atomic mass is 9.78. The van der Waals surface area contributed by atoms with E-state index in [0.29, 0.717) is 0 Å². The Kier molecular flexibility index (Phi) is 3.82. The van der Waals surface area contributed by atoms with Gasteiger partial charge in [0.05, 0.1) is 0 Å². The highest BCUT2D eigenvalue weighted by Crippen LogP contribution is 2.45. The summed E-state index contributed by atoms with van der Waals surface area (Å²) in [6, 6.07) is 18.1. The number of hydrogen-bond donors (Lipinski definition) is 0. The maximum atomic E-state index is 2.34. The van der Waals surface area contributed by atoms with E-state index in [9.17, 15) is 0 Å². The van der Waals surface area contributed by atoms with E-state index in [1.54, 1.807) is 11.1 Å². The molecule has 0 radical (unpaired) electrons. The lowest BCUT2D eigenvalue weighted by Crippen LogP contribution is -2.24. The van der Waals surface area contributed by atoms with E-state index >= 15 is 0 Å². The van der Waals surface area contributed by atoms with Crippen molar-refractivity contribution in [2.75, 3.05) is 20.6 Å². The number of hydrogen-bond acceptors (Lipinski definition) is 1. The molecule has 0 aliphatic heterocycles. The second-order valence-electron chi connectivity index (χ2n) is 7.32. The standard InChI is InChI=1S/C22H25N/c1-23(2)15-16-11-12-21-19-9-5-3-7-17(19)14-18-8-4-6-10-20(18)22(21)13-16/h3-10,16H,11-15H2,1-2H3. The fraction of sp³-hybridized carbons (Fsp3) is 0.364. The first-order chi connectivity index (χ1) is 11.2. The third-order valence-electron chi connectivity index (χ3n) is 5.35. The number of benzene rings is 2. The molecule has 1 atom stereocenters. The molecule has 0 N–H and O–H groups in total. The number of rotatable bonds is 2. The van der Waals surface area contributed by atoms with Gasteiger partial charge in [0.15, 0.2) is 0 Å². The Morgan fingerprint density at radius 2 is 1.48 bits per heavy atom. The van der Waals surface area contributed by atoms with Gasteiger partial charge in [-0.15, -0.1) is 0 Å².